The van der Waals surface area contributed by atoms with Crippen LogP contribution in [0.3, 0.4) is 0 Å². The lowest BCUT2D eigenvalue weighted by Gasteiger charge is -2.38. The Morgan fingerprint density at radius 2 is 1.75 bits per heavy atom. The molecule has 148 valence electrons. The normalized spacial score (nSPS) is 21.8. The summed E-state index contributed by atoms with van der Waals surface area (Å²) in [4.78, 5) is 25.4. The molecule has 0 saturated heterocycles. The van der Waals surface area contributed by atoms with E-state index >= 15 is 0 Å². The van der Waals surface area contributed by atoms with Gasteiger partial charge < -0.3 is 10.1 Å². The Balaban J connectivity index is 1.70. The van der Waals surface area contributed by atoms with Gasteiger partial charge in [-0.15, -0.1) is 0 Å². The third kappa shape index (κ3) is 4.44. The molecule has 0 unspecified atom stereocenters. The van der Waals surface area contributed by atoms with Crippen LogP contribution in [-0.4, -0.2) is 24.5 Å². The van der Waals surface area contributed by atoms with Crippen LogP contribution in [0.1, 0.15) is 53.9 Å². The Bertz CT molecular complexity index is 836. The van der Waals surface area contributed by atoms with E-state index < -0.39 is 5.54 Å². The first-order chi connectivity index (χ1) is 13.4. The minimum Gasteiger partial charge on any atom is -0.467 e. The zero-order valence-electron chi connectivity index (χ0n) is 17.0. The van der Waals surface area contributed by atoms with Gasteiger partial charge in [0.2, 0.25) is 5.91 Å². The predicted octanol–water partition coefficient (Wildman–Crippen LogP) is 4.23. The summed E-state index contributed by atoms with van der Waals surface area (Å²) in [6.45, 7) is 4.05. The van der Waals surface area contributed by atoms with Crippen molar-refractivity contribution in [1.29, 1.82) is 0 Å². The Hall–Kier alpha value is -2.62. The number of benzene rings is 2. The number of aryl methyl sites for hydroxylation is 2. The van der Waals surface area contributed by atoms with E-state index in [0.717, 1.165) is 24.0 Å². The molecule has 0 atom stereocenters. The van der Waals surface area contributed by atoms with Gasteiger partial charge in [-0.25, -0.2) is 4.79 Å². The van der Waals surface area contributed by atoms with Crippen LogP contribution >= 0.6 is 0 Å². The van der Waals surface area contributed by atoms with Gasteiger partial charge in [0, 0.05) is 0 Å². The van der Waals surface area contributed by atoms with Crippen LogP contribution in [-0.2, 0) is 20.7 Å². The average Bonchev–Trinajstić information content (AvgIpc) is 2.70. The van der Waals surface area contributed by atoms with Crippen LogP contribution in [0.2, 0.25) is 0 Å². The van der Waals surface area contributed by atoms with E-state index in [1.165, 1.54) is 18.2 Å². The second-order valence-electron chi connectivity index (χ2n) is 7.91. The third-order valence-electron chi connectivity index (χ3n) is 5.91. The fourth-order valence-corrected chi connectivity index (χ4v) is 4.27. The van der Waals surface area contributed by atoms with Crippen LogP contribution < -0.4 is 5.32 Å². The molecule has 0 bridgehead atoms. The van der Waals surface area contributed by atoms with E-state index in [4.69, 9.17) is 4.74 Å². The molecule has 2 aromatic rings. The first kappa shape index (κ1) is 20.1. The van der Waals surface area contributed by atoms with Gasteiger partial charge >= 0.3 is 5.97 Å². The number of nitrogens with one attached hydrogen (secondary N) is 1. The number of rotatable bonds is 5. The van der Waals surface area contributed by atoms with Crippen LogP contribution in [0.25, 0.3) is 0 Å². The lowest BCUT2D eigenvalue weighted by atomic mass is 9.74. The van der Waals surface area contributed by atoms with E-state index in [9.17, 15) is 9.59 Å². The number of hydrogen-bond acceptors (Lipinski definition) is 3. The summed E-state index contributed by atoms with van der Waals surface area (Å²) in [5, 5.41) is 3.03. The summed E-state index contributed by atoms with van der Waals surface area (Å²) in [6, 6.07) is 16.4. The highest BCUT2D eigenvalue weighted by molar-refractivity contribution is 5.89. The van der Waals surface area contributed by atoms with Crippen molar-refractivity contribution in [3.05, 3.63) is 70.8 Å². The molecule has 0 spiro atoms. The molecule has 1 aliphatic rings. The predicted molar refractivity (Wildman–Crippen MR) is 110 cm³/mol. The van der Waals surface area contributed by atoms with Crippen molar-refractivity contribution in [3.63, 3.8) is 0 Å². The Morgan fingerprint density at radius 3 is 2.36 bits per heavy atom. The van der Waals surface area contributed by atoms with Gasteiger partial charge in [-0.2, -0.15) is 0 Å². The van der Waals surface area contributed by atoms with Crippen molar-refractivity contribution in [1.82, 2.24) is 5.32 Å². The summed E-state index contributed by atoms with van der Waals surface area (Å²) in [5.41, 5.74) is 3.63. The maximum absolute atomic E-state index is 12.8. The highest BCUT2D eigenvalue weighted by Crippen LogP contribution is 2.38. The van der Waals surface area contributed by atoms with Crippen molar-refractivity contribution in [3.8, 4) is 0 Å². The molecule has 4 heteroatoms. The fourth-order valence-electron chi connectivity index (χ4n) is 4.27. The molecule has 1 saturated carbocycles. The van der Waals surface area contributed by atoms with E-state index in [0.29, 0.717) is 18.8 Å². The smallest absolute Gasteiger partial charge is 0.331 e. The van der Waals surface area contributed by atoms with Gasteiger partial charge in [-0.3, -0.25) is 4.79 Å². The summed E-state index contributed by atoms with van der Waals surface area (Å²) in [7, 11) is 1.39. The fraction of sp³-hybridized carbons (Fsp3) is 0.417. The number of carbonyl (C=O) groups is 2. The van der Waals surface area contributed by atoms with Gasteiger partial charge in [-0.1, -0.05) is 54.1 Å². The maximum Gasteiger partial charge on any atom is 0.331 e. The minimum absolute atomic E-state index is 0.129. The molecular formula is C24H29NO3. The highest BCUT2D eigenvalue weighted by atomic mass is 16.5. The standard InChI is InChI=1S/C24H29NO3/c1-17-9-10-21(18(2)15-17)16-22(26)25-24(23(27)28-3)13-11-20(12-14-24)19-7-5-4-6-8-19/h4-10,15,20H,11-14,16H2,1-3H3,(H,25,26). The number of hydrogen-bond donors (Lipinski definition) is 1. The second-order valence-corrected chi connectivity index (χ2v) is 7.91. The van der Waals surface area contributed by atoms with Gasteiger partial charge in [0.1, 0.15) is 5.54 Å². The van der Waals surface area contributed by atoms with E-state index in [1.54, 1.807) is 0 Å². The van der Waals surface area contributed by atoms with Crippen LogP contribution in [0.15, 0.2) is 48.5 Å². The molecule has 1 fully saturated rings. The molecule has 4 nitrogen and oxygen atoms in total. The molecule has 1 amide bonds. The van der Waals surface area contributed by atoms with E-state index in [2.05, 4.69) is 23.5 Å². The summed E-state index contributed by atoms with van der Waals surface area (Å²) in [5.74, 6) is -0.0567. The molecule has 0 aromatic heterocycles. The quantitative estimate of drug-likeness (QED) is 0.791. The van der Waals surface area contributed by atoms with Gasteiger partial charge in [0.25, 0.3) is 0 Å². The molecular weight excluding hydrogens is 350 g/mol. The SMILES string of the molecule is COC(=O)C1(NC(=O)Cc2ccc(C)cc2C)CCC(c2ccccc2)CC1. The van der Waals surface area contributed by atoms with Crippen molar-refractivity contribution in [2.45, 2.75) is 57.4 Å². The van der Waals surface area contributed by atoms with E-state index in [-0.39, 0.29) is 18.3 Å². The minimum atomic E-state index is -0.921. The number of ether oxygens (including phenoxy) is 1. The van der Waals surface area contributed by atoms with Crippen LogP contribution in [0.4, 0.5) is 0 Å². The first-order valence-corrected chi connectivity index (χ1v) is 9.94. The molecule has 1 N–H and O–H groups in total. The van der Waals surface area contributed by atoms with Crippen molar-refractivity contribution < 1.29 is 14.3 Å². The maximum atomic E-state index is 12.8. The highest BCUT2D eigenvalue weighted by Gasteiger charge is 2.44. The molecule has 28 heavy (non-hydrogen) atoms. The molecule has 2 aromatic carbocycles. The van der Waals surface area contributed by atoms with Crippen LogP contribution in [0.5, 0.6) is 0 Å². The lowest BCUT2D eigenvalue weighted by Crippen LogP contribution is -2.57. The topological polar surface area (TPSA) is 55.4 Å². The Labute approximate surface area is 167 Å². The monoisotopic (exact) mass is 379 g/mol. The van der Waals surface area contributed by atoms with Gasteiger partial charge in [0.05, 0.1) is 13.5 Å². The number of amides is 1. The molecule has 0 radical (unpaired) electrons. The summed E-state index contributed by atoms with van der Waals surface area (Å²) < 4.78 is 5.07. The van der Waals surface area contributed by atoms with Crippen molar-refractivity contribution in [2.24, 2.45) is 0 Å². The van der Waals surface area contributed by atoms with Gasteiger partial charge in [0.15, 0.2) is 0 Å². The molecule has 0 aliphatic heterocycles. The van der Waals surface area contributed by atoms with Gasteiger partial charge in [-0.05, 0) is 62.1 Å². The molecule has 3 rings (SSSR count). The zero-order valence-corrected chi connectivity index (χ0v) is 17.0. The first-order valence-electron chi connectivity index (χ1n) is 9.94. The third-order valence-corrected chi connectivity index (χ3v) is 5.91. The lowest BCUT2D eigenvalue weighted by molar-refractivity contribution is -0.152. The number of methoxy groups -OCH3 is 1. The summed E-state index contributed by atoms with van der Waals surface area (Å²) >= 11 is 0. The van der Waals surface area contributed by atoms with Crippen molar-refractivity contribution >= 4 is 11.9 Å². The van der Waals surface area contributed by atoms with E-state index in [1.807, 2.05) is 44.2 Å². The largest absolute Gasteiger partial charge is 0.467 e. The Morgan fingerprint density at radius 1 is 1.07 bits per heavy atom. The van der Waals surface area contributed by atoms with Crippen LogP contribution in [0, 0.1) is 13.8 Å². The number of esters is 1. The zero-order chi connectivity index (χ0) is 20.1. The average molecular weight is 380 g/mol. The molecule has 0 heterocycles. The Kier molecular flexibility index (Phi) is 6.18. The molecule has 1 aliphatic carbocycles. The van der Waals surface area contributed by atoms with Crippen molar-refractivity contribution in [2.75, 3.05) is 7.11 Å². The number of carbonyl (C=O) groups excluding carboxylic acids is 2. The summed E-state index contributed by atoms with van der Waals surface area (Å²) in [6.07, 6.45) is 3.16. The second kappa shape index (κ2) is 8.59.